The zero-order chi connectivity index (χ0) is 21.0. The second-order valence-corrected chi connectivity index (χ2v) is 6.79. The number of allylic oxidation sites excluding steroid dienone is 1. The topological polar surface area (TPSA) is 55.8 Å². The Morgan fingerprint density at radius 3 is 2.28 bits per heavy atom. The Hall–Kier alpha value is -3.05. The molecule has 0 saturated heterocycles. The van der Waals surface area contributed by atoms with Gasteiger partial charge in [0.1, 0.15) is 5.75 Å². The largest absolute Gasteiger partial charge is 0.494 e. The van der Waals surface area contributed by atoms with Gasteiger partial charge in [0.15, 0.2) is 0 Å². The number of carbonyl (C=O) groups is 2. The molecule has 0 spiro atoms. The molecule has 0 aromatic heterocycles. The van der Waals surface area contributed by atoms with Gasteiger partial charge in [-0.05, 0) is 68.8 Å². The standard InChI is InChI=1S/C23H22ClNO4/c1-4-28-19-12-10-18(11-13-19)25-15(3)21(23(27)29-5-2)20(22(25)26)14-16-6-8-17(24)9-7-16/h6-14H,4-5H2,1-3H3/b20-14-. The highest BCUT2D eigenvalue weighted by Crippen LogP contribution is 2.36. The highest BCUT2D eigenvalue weighted by atomic mass is 35.5. The Morgan fingerprint density at radius 2 is 1.69 bits per heavy atom. The SMILES string of the molecule is CCOC(=O)C1=C(C)N(c2ccc(OCC)cc2)C(=O)/C1=C\c1ccc(Cl)cc1. The van der Waals surface area contributed by atoms with E-state index in [9.17, 15) is 9.59 Å². The van der Waals surface area contributed by atoms with Gasteiger partial charge >= 0.3 is 5.97 Å². The Kier molecular flexibility index (Phi) is 6.39. The second-order valence-electron chi connectivity index (χ2n) is 6.36. The van der Waals surface area contributed by atoms with Gasteiger partial charge in [-0.15, -0.1) is 0 Å². The summed E-state index contributed by atoms with van der Waals surface area (Å²) in [4.78, 5) is 27.4. The molecule has 150 valence electrons. The van der Waals surface area contributed by atoms with Crippen LogP contribution in [0.1, 0.15) is 26.3 Å². The summed E-state index contributed by atoms with van der Waals surface area (Å²) in [5, 5.41) is 0.596. The van der Waals surface area contributed by atoms with E-state index >= 15 is 0 Å². The van der Waals surface area contributed by atoms with Gasteiger partial charge in [0.25, 0.3) is 5.91 Å². The molecule has 1 aliphatic heterocycles. The van der Waals surface area contributed by atoms with Gasteiger partial charge in [0.2, 0.25) is 0 Å². The van der Waals surface area contributed by atoms with E-state index in [1.807, 2.05) is 6.92 Å². The van der Waals surface area contributed by atoms with Crippen molar-refractivity contribution in [1.29, 1.82) is 0 Å². The third-order valence-corrected chi connectivity index (χ3v) is 4.72. The molecule has 0 radical (unpaired) electrons. The van der Waals surface area contributed by atoms with Crippen LogP contribution in [-0.4, -0.2) is 25.1 Å². The van der Waals surface area contributed by atoms with E-state index in [-0.39, 0.29) is 23.7 Å². The lowest BCUT2D eigenvalue weighted by Gasteiger charge is -2.18. The number of anilines is 1. The van der Waals surface area contributed by atoms with E-state index in [1.54, 1.807) is 68.5 Å². The van der Waals surface area contributed by atoms with Gasteiger partial charge in [-0.3, -0.25) is 9.69 Å². The lowest BCUT2D eigenvalue weighted by atomic mass is 10.0. The van der Waals surface area contributed by atoms with Crippen molar-refractivity contribution in [3.63, 3.8) is 0 Å². The van der Waals surface area contributed by atoms with Gasteiger partial charge in [-0.1, -0.05) is 23.7 Å². The molecule has 0 atom stereocenters. The average molecular weight is 412 g/mol. The monoisotopic (exact) mass is 411 g/mol. The lowest BCUT2D eigenvalue weighted by Crippen LogP contribution is -2.24. The zero-order valence-corrected chi connectivity index (χ0v) is 17.3. The number of carbonyl (C=O) groups excluding carboxylic acids is 2. The summed E-state index contributed by atoms with van der Waals surface area (Å²) in [6.45, 7) is 6.16. The van der Waals surface area contributed by atoms with Crippen molar-refractivity contribution in [3.05, 3.63) is 76.0 Å². The van der Waals surface area contributed by atoms with Crippen LogP contribution in [0.4, 0.5) is 5.69 Å². The smallest absolute Gasteiger partial charge is 0.340 e. The highest BCUT2D eigenvalue weighted by Gasteiger charge is 2.38. The molecule has 0 N–H and O–H groups in total. The van der Waals surface area contributed by atoms with Crippen molar-refractivity contribution in [2.75, 3.05) is 18.1 Å². The minimum atomic E-state index is -0.521. The minimum Gasteiger partial charge on any atom is -0.494 e. The maximum absolute atomic E-state index is 13.3. The van der Waals surface area contributed by atoms with Crippen LogP contribution in [0.2, 0.25) is 5.02 Å². The molecule has 1 heterocycles. The molecule has 5 nitrogen and oxygen atoms in total. The molecule has 2 aromatic rings. The van der Waals surface area contributed by atoms with Crippen LogP contribution >= 0.6 is 11.6 Å². The third-order valence-electron chi connectivity index (χ3n) is 4.47. The molecule has 2 aromatic carbocycles. The zero-order valence-electron chi connectivity index (χ0n) is 16.6. The lowest BCUT2D eigenvalue weighted by molar-refractivity contribution is -0.138. The second kappa shape index (κ2) is 8.97. The van der Waals surface area contributed by atoms with E-state index in [4.69, 9.17) is 21.1 Å². The molecule has 1 amide bonds. The van der Waals surface area contributed by atoms with E-state index in [1.165, 1.54) is 4.90 Å². The first-order valence-electron chi connectivity index (χ1n) is 9.39. The first-order valence-corrected chi connectivity index (χ1v) is 9.77. The minimum absolute atomic E-state index is 0.223. The number of hydrogen-bond acceptors (Lipinski definition) is 4. The quantitative estimate of drug-likeness (QED) is 0.495. The number of halogens is 1. The Labute approximate surface area is 175 Å². The Morgan fingerprint density at radius 1 is 1.03 bits per heavy atom. The number of esters is 1. The predicted octanol–water partition coefficient (Wildman–Crippen LogP) is 5.01. The summed E-state index contributed by atoms with van der Waals surface area (Å²) in [6, 6.07) is 14.2. The van der Waals surface area contributed by atoms with Crippen molar-refractivity contribution >= 4 is 35.2 Å². The summed E-state index contributed by atoms with van der Waals surface area (Å²) in [5.74, 6) is -0.0938. The Bertz CT molecular complexity index is 975. The first-order chi connectivity index (χ1) is 14.0. The number of amides is 1. The van der Waals surface area contributed by atoms with E-state index in [0.29, 0.717) is 28.8 Å². The first kappa shape index (κ1) is 20.7. The molecule has 1 aliphatic rings. The fourth-order valence-electron chi connectivity index (χ4n) is 3.18. The number of rotatable bonds is 6. The van der Waals surface area contributed by atoms with Crippen LogP contribution in [0.5, 0.6) is 5.75 Å². The molecule has 0 saturated carbocycles. The van der Waals surface area contributed by atoms with E-state index in [2.05, 4.69) is 0 Å². The molecule has 0 aliphatic carbocycles. The van der Waals surface area contributed by atoms with E-state index < -0.39 is 5.97 Å². The fourth-order valence-corrected chi connectivity index (χ4v) is 3.30. The van der Waals surface area contributed by atoms with Crippen LogP contribution in [0.3, 0.4) is 0 Å². The van der Waals surface area contributed by atoms with Crippen LogP contribution < -0.4 is 9.64 Å². The van der Waals surface area contributed by atoms with Crippen molar-refractivity contribution < 1.29 is 19.1 Å². The molecule has 29 heavy (non-hydrogen) atoms. The number of benzene rings is 2. The molecule has 0 unspecified atom stereocenters. The van der Waals surface area contributed by atoms with Crippen LogP contribution in [0.15, 0.2) is 65.4 Å². The van der Waals surface area contributed by atoms with Crippen molar-refractivity contribution in [2.45, 2.75) is 20.8 Å². The maximum Gasteiger partial charge on any atom is 0.340 e. The number of nitrogens with zero attached hydrogens (tertiary/aromatic N) is 1. The highest BCUT2D eigenvalue weighted by molar-refractivity contribution is 6.30. The normalized spacial score (nSPS) is 15.2. The van der Waals surface area contributed by atoms with Crippen LogP contribution in [0.25, 0.3) is 6.08 Å². The number of hydrogen-bond donors (Lipinski definition) is 0. The molecule has 0 bridgehead atoms. The number of ether oxygens (including phenoxy) is 2. The molecule has 6 heteroatoms. The Balaban J connectivity index is 2.05. The maximum atomic E-state index is 13.3. The average Bonchev–Trinajstić information content (AvgIpc) is 2.95. The van der Waals surface area contributed by atoms with Gasteiger partial charge in [0.05, 0.1) is 24.4 Å². The van der Waals surface area contributed by atoms with Crippen molar-refractivity contribution in [1.82, 2.24) is 0 Å². The van der Waals surface area contributed by atoms with Crippen molar-refractivity contribution in [2.24, 2.45) is 0 Å². The summed E-state index contributed by atoms with van der Waals surface area (Å²) in [5.41, 5.74) is 2.49. The van der Waals surface area contributed by atoms with Gasteiger partial charge < -0.3 is 9.47 Å². The third kappa shape index (κ3) is 4.35. The molecular formula is C23H22ClNO4. The summed E-state index contributed by atoms with van der Waals surface area (Å²) < 4.78 is 10.7. The van der Waals surface area contributed by atoms with Gasteiger partial charge in [0, 0.05) is 16.4 Å². The summed E-state index contributed by atoms with van der Waals surface area (Å²) in [6.07, 6.45) is 1.68. The predicted molar refractivity (Wildman–Crippen MR) is 114 cm³/mol. The molecule has 0 fully saturated rings. The van der Waals surface area contributed by atoms with Gasteiger partial charge in [-0.2, -0.15) is 0 Å². The van der Waals surface area contributed by atoms with Crippen LogP contribution in [0, 0.1) is 0 Å². The fraction of sp³-hybridized carbons (Fsp3) is 0.217. The molecule has 3 rings (SSSR count). The van der Waals surface area contributed by atoms with Crippen LogP contribution in [-0.2, 0) is 14.3 Å². The summed E-state index contributed by atoms with van der Waals surface area (Å²) in [7, 11) is 0. The van der Waals surface area contributed by atoms with E-state index in [0.717, 1.165) is 5.56 Å². The summed E-state index contributed by atoms with van der Waals surface area (Å²) >= 11 is 5.95. The van der Waals surface area contributed by atoms with Gasteiger partial charge in [-0.25, -0.2) is 4.79 Å². The van der Waals surface area contributed by atoms with Crippen molar-refractivity contribution in [3.8, 4) is 5.75 Å². The molecular weight excluding hydrogens is 390 g/mol.